The van der Waals surface area contributed by atoms with Crippen LogP contribution in [0.2, 0.25) is 0 Å². The Kier molecular flexibility index (Phi) is 3.19. The molecular weight excluding hydrogens is 328 g/mol. The van der Waals surface area contributed by atoms with Crippen LogP contribution in [0, 0.1) is 34.0 Å². The van der Waals surface area contributed by atoms with E-state index in [1.807, 2.05) is 0 Å². The molecule has 142 valence electrons. The van der Waals surface area contributed by atoms with Gasteiger partial charge < -0.3 is 9.47 Å². The van der Waals surface area contributed by atoms with Crippen molar-refractivity contribution in [3.05, 3.63) is 12.2 Å². The van der Waals surface area contributed by atoms with Crippen molar-refractivity contribution < 1.29 is 19.1 Å². The summed E-state index contributed by atoms with van der Waals surface area (Å²) in [5, 5.41) is 0. The molecule has 4 aliphatic carbocycles. The molecule has 2 bridgehead atoms. The molecule has 1 spiro atoms. The van der Waals surface area contributed by atoms with E-state index < -0.39 is 5.41 Å². The highest BCUT2D eigenvalue weighted by atomic mass is 16.6. The molecule has 0 aromatic carbocycles. The summed E-state index contributed by atoms with van der Waals surface area (Å²) in [5.41, 5.74) is 0.875. The van der Waals surface area contributed by atoms with E-state index >= 15 is 0 Å². The first-order valence-corrected chi connectivity index (χ1v) is 10.3. The molecule has 4 heteroatoms. The summed E-state index contributed by atoms with van der Waals surface area (Å²) < 4.78 is 12.0. The zero-order valence-electron chi connectivity index (χ0n) is 16.2. The van der Waals surface area contributed by atoms with E-state index in [1.54, 1.807) is 0 Å². The Morgan fingerprint density at radius 2 is 2.04 bits per heavy atom. The van der Waals surface area contributed by atoms with Crippen molar-refractivity contribution in [2.75, 3.05) is 0 Å². The van der Waals surface area contributed by atoms with E-state index in [1.165, 1.54) is 18.9 Å². The lowest BCUT2D eigenvalue weighted by Gasteiger charge is -2.64. The topological polar surface area (TPSA) is 52.6 Å². The number of hydrogen-bond donors (Lipinski definition) is 0. The SMILES string of the molecule is C=C1CC23CC1CCC2C1(C)CCCC2(C)C(=O)OC(C21)C3OC(C)=O. The van der Waals surface area contributed by atoms with Crippen molar-refractivity contribution in [2.24, 2.45) is 34.0 Å². The molecule has 8 unspecified atom stereocenters. The first-order valence-electron chi connectivity index (χ1n) is 10.3. The van der Waals surface area contributed by atoms with Gasteiger partial charge in [0.15, 0.2) is 0 Å². The van der Waals surface area contributed by atoms with Crippen molar-refractivity contribution in [3.63, 3.8) is 0 Å². The minimum Gasteiger partial charge on any atom is -0.458 e. The lowest BCUT2D eigenvalue weighted by Crippen LogP contribution is -2.66. The molecule has 1 saturated heterocycles. The quantitative estimate of drug-likeness (QED) is 0.524. The van der Waals surface area contributed by atoms with Crippen LogP contribution in [0.5, 0.6) is 0 Å². The van der Waals surface area contributed by atoms with Gasteiger partial charge in [0.05, 0.1) is 5.41 Å². The first-order chi connectivity index (χ1) is 12.2. The second-order valence-corrected chi connectivity index (χ2v) is 10.3. The van der Waals surface area contributed by atoms with Crippen LogP contribution in [-0.2, 0) is 19.1 Å². The van der Waals surface area contributed by atoms with Crippen LogP contribution in [0.25, 0.3) is 0 Å². The summed E-state index contributed by atoms with van der Waals surface area (Å²) in [5.74, 6) is 0.842. The third-order valence-electron chi connectivity index (χ3n) is 9.06. The second-order valence-electron chi connectivity index (χ2n) is 10.3. The predicted octanol–water partition coefficient (Wildman–Crippen LogP) is 4.03. The summed E-state index contributed by atoms with van der Waals surface area (Å²) in [6.07, 6.45) is 6.84. The fourth-order valence-electron chi connectivity index (χ4n) is 8.36. The number of carbonyl (C=O) groups excluding carboxylic acids is 2. The van der Waals surface area contributed by atoms with E-state index in [9.17, 15) is 9.59 Å². The van der Waals surface area contributed by atoms with Crippen LogP contribution in [0.4, 0.5) is 0 Å². The standard InChI is InChI=1S/C22H30O4/c1-12-10-22-11-14(12)6-7-15(22)20(3)8-5-9-21(4)17(20)16(26-19(21)24)18(22)25-13(2)23/h14-18H,1,5-11H2,2-4H3. The van der Waals surface area contributed by atoms with Crippen LogP contribution in [-0.4, -0.2) is 24.1 Å². The van der Waals surface area contributed by atoms with Crippen LogP contribution in [0.15, 0.2) is 12.2 Å². The Balaban J connectivity index is 1.70. The molecule has 0 aromatic heterocycles. The number of allylic oxidation sites excluding steroid dienone is 1. The molecule has 4 nitrogen and oxygen atoms in total. The third kappa shape index (κ3) is 1.77. The van der Waals surface area contributed by atoms with Gasteiger partial charge in [-0.3, -0.25) is 9.59 Å². The number of fused-ring (bicyclic) bond motifs is 2. The van der Waals surface area contributed by atoms with E-state index in [-0.39, 0.29) is 40.9 Å². The molecule has 0 aromatic rings. The predicted molar refractivity (Wildman–Crippen MR) is 96.0 cm³/mol. The minimum absolute atomic E-state index is 0.0704. The fraction of sp³-hybridized carbons (Fsp3) is 0.818. The molecule has 8 atom stereocenters. The lowest BCUT2D eigenvalue weighted by molar-refractivity contribution is -0.232. The van der Waals surface area contributed by atoms with E-state index in [0.29, 0.717) is 11.8 Å². The van der Waals surface area contributed by atoms with Gasteiger partial charge in [-0.15, -0.1) is 0 Å². The molecule has 0 amide bonds. The zero-order valence-corrected chi connectivity index (χ0v) is 16.2. The molecule has 1 heterocycles. The second kappa shape index (κ2) is 4.94. The first kappa shape index (κ1) is 16.8. The Bertz CT molecular complexity index is 713. The Hall–Kier alpha value is -1.32. The highest BCUT2D eigenvalue weighted by molar-refractivity contribution is 5.80. The van der Waals surface area contributed by atoms with Crippen molar-refractivity contribution in [3.8, 4) is 0 Å². The van der Waals surface area contributed by atoms with Gasteiger partial charge in [-0.1, -0.05) is 25.5 Å². The molecule has 0 N–H and O–H groups in total. The maximum Gasteiger partial charge on any atom is 0.312 e. The number of hydrogen-bond acceptors (Lipinski definition) is 4. The van der Waals surface area contributed by atoms with Crippen LogP contribution in [0.3, 0.4) is 0 Å². The highest BCUT2D eigenvalue weighted by Crippen LogP contribution is 2.74. The van der Waals surface area contributed by atoms with Crippen LogP contribution in [0.1, 0.15) is 65.7 Å². The minimum atomic E-state index is -0.426. The Labute approximate surface area is 155 Å². The number of carbonyl (C=O) groups is 2. The van der Waals surface area contributed by atoms with Crippen molar-refractivity contribution in [2.45, 2.75) is 77.9 Å². The third-order valence-corrected chi connectivity index (χ3v) is 9.06. The number of rotatable bonds is 1. The van der Waals surface area contributed by atoms with Gasteiger partial charge >= 0.3 is 11.9 Å². The molecule has 0 radical (unpaired) electrons. The summed E-state index contributed by atoms with van der Waals surface area (Å²) in [6.45, 7) is 10.4. The van der Waals surface area contributed by atoms with Crippen molar-refractivity contribution in [1.29, 1.82) is 0 Å². The number of esters is 2. The van der Waals surface area contributed by atoms with Crippen LogP contribution < -0.4 is 0 Å². The van der Waals surface area contributed by atoms with Gasteiger partial charge in [-0.25, -0.2) is 0 Å². The molecular formula is C22H30O4. The van der Waals surface area contributed by atoms with Gasteiger partial charge in [0.1, 0.15) is 12.2 Å². The molecule has 26 heavy (non-hydrogen) atoms. The average molecular weight is 358 g/mol. The van der Waals surface area contributed by atoms with E-state index in [0.717, 1.165) is 38.5 Å². The van der Waals surface area contributed by atoms with Gasteiger partial charge in [0.25, 0.3) is 0 Å². The molecule has 5 aliphatic rings. The van der Waals surface area contributed by atoms with Gasteiger partial charge in [-0.2, -0.15) is 0 Å². The van der Waals surface area contributed by atoms with E-state index in [4.69, 9.17) is 9.47 Å². The summed E-state index contributed by atoms with van der Waals surface area (Å²) in [7, 11) is 0. The van der Waals surface area contributed by atoms with Gasteiger partial charge in [0.2, 0.25) is 0 Å². The summed E-state index contributed by atoms with van der Waals surface area (Å²) in [6, 6.07) is 0. The number of ether oxygens (including phenoxy) is 2. The molecule has 4 saturated carbocycles. The van der Waals surface area contributed by atoms with Crippen molar-refractivity contribution in [1.82, 2.24) is 0 Å². The summed E-state index contributed by atoms with van der Waals surface area (Å²) in [4.78, 5) is 25.0. The maximum atomic E-state index is 12.9. The average Bonchev–Trinajstić information content (AvgIpc) is 2.97. The fourth-order valence-corrected chi connectivity index (χ4v) is 8.36. The normalized spacial score (nSPS) is 54.3. The van der Waals surface area contributed by atoms with Crippen molar-refractivity contribution >= 4 is 11.9 Å². The monoisotopic (exact) mass is 358 g/mol. The Morgan fingerprint density at radius 1 is 1.27 bits per heavy atom. The van der Waals surface area contributed by atoms with Gasteiger partial charge in [0, 0.05) is 18.3 Å². The molecule has 5 fully saturated rings. The molecule has 1 aliphatic heterocycles. The van der Waals surface area contributed by atoms with Crippen LogP contribution >= 0.6 is 0 Å². The maximum absolute atomic E-state index is 12.9. The lowest BCUT2D eigenvalue weighted by atomic mass is 9.40. The molecule has 5 rings (SSSR count). The zero-order chi connectivity index (χ0) is 18.5. The van der Waals surface area contributed by atoms with Gasteiger partial charge in [-0.05, 0) is 62.7 Å². The van der Waals surface area contributed by atoms with E-state index in [2.05, 4.69) is 20.4 Å². The smallest absolute Gasteiger partial charge is 0.312 e. The summed E-state index contributed by atoms with van der Waals surface area (Å²) >= 11 is 0. The largest absolute Gasteiger partial charge is 0.458 e. The highest BCUT2D eigenvalue weighted by Gasteiger charge is 2.76. The Morgan fingerprint density at radius 3 is 2.77 bits per heavy atom.